The van der Waals surface area contributed by atoms with Crippen molar-refractivity contribution in [3.05, 3.63) is 34.9 Å². The van der Waals surface area contributed by atoms with Gasteiger partial charge in [0.2, 0.25) is 5.91 Å². The molecule has 1 rings (SSSR count). The molecule has 18 heavy (non-hydrogen) atoms. The minimum absolute atomic E-state index is 0.0180. The number of nitrogens with one attached hydrogen (secondary N) is 1. The van der Waals surface area contributed by atoms with Gasteiger partial charge in [0.25, 0.3) is 0 Å². The van der Waals surface area contributed by atoms with Crippen LogP contribution < -0.4 is 11.1 Å². The first-order valence-corrected chi connectivity index (χ1v) is 6.39. The predicted molar refractivity (Wildman–Crippen MR) is 74.5 cm³/mol. The molecule has 0 aromatic heterocycles. The number of carbonyl (C=O) groups is 1. The number of carbonyl (C=O) groups excluding carboxylic acids is 1. The van der Waals surface area contributed by atoms with Gasteiger partial charge in [-0.1, -0.05) is 23.7 Å². The average Bonchev–Trinajstić information content (AvgIpc) is 2.35. The number of likely N-dealkylation sites (N-methyl/N-ethyl adjacent to an activating group) is 1. The van der Waals surface area contributed by atoms with Crippen LogP contribution in [-0.4, -0.2) is 37.5 Å². The van der Waals surface area contributed by atoms with Gasteiger partial charge in [-0.2, -0.15) is 0 Å². The third-order valence-electron chi connectivity index (χ3n) is 2.56. The summed E-state index contributed by atoms with van der Waals surface area (Å²) in [5.74, 6) is 0.0180. The smallest absolute Gasteiger partial charge is 0.234 e. The summed E-state index contributed by atoms with van der Waals surface area (Å²) in [5.41, 5.74) is 6.46. The van der Waals surface area contributed by atoms with E-state index in [2.05, 4.69) is 5.32 Å². The molecule has 1 aromatic rings. The minimum atomic E-state index is 0.0180. The number of hydrogen-bond donors (Lipinski definition) is 2. The molecule has 0 saturated carbocycles. The molecule has 0 saturated heterocycles. The topological polar surface area (TPSA) is 58.4 Å². The highest BCUT2D eigenvalue weighted by molar-refractivity contribution is 6.30. The zero-order valence-corrected chi connectivity index (χ0v) is 11.4. The Kier molecular flexibility index (Phi) is 6.72. The largest absolute Gasteiger partial charge is 0.351 e. The Morgan fingerprint density at radius 1 is 1.39 bits per heavy atom. The van der Waals surface area contributed by atoms with Crippen LogP contribution in [0.15, 0.2) is 24.3 Å². The first-order chi connectivity index (χ1) is 8.61. The average molecular weight is 270 g/mol. The van der Waals surface area contributed by atoms with E-state index in [1.807, 2.05) is 36.2 Å². The van der Waals surface area contributed by atoms with Gasteiger partial charge in [0.05, 0.1) is 6.54 Å². The molecule has 4 nitrogen and oxygen atoms in total. The van der Waals surface area contributed by atoms with Crippen molar-refractivity contribution in [3.8, 4) is 0 Å². The van der Waals surface area contributed by atoms with Gasteiger partial charge >= 0.3 is 0 Å². The van der Waals surface area contributed by atoms with Crippen molar-refractivity contribution < 1.29 is 4.79 Å². The fourth-order valence-corrected chi connectivity index (χ4v) is 1.67. The maximum absolute atomic E-state index is 11.6. The Hall–Kier alpha value is -1.10. The van der Waals surface area contributed by atoms with E-state index in [0.717, 1.165) is 18.5 Å². The summed E-state index contributed by atoms with van der Waals surface area (Å²) in [6.45, 7) is 2.41. The van der Waals surface area contributed by atoms with Crippen LogP contribution in [0.25, 0.3) is 0 Å². The molecule has 0 unspecified atom stereocenters. The van der Waals surface area contributed by atoms with Crippen LogP contribution in [-0.2, 0) is 11.3 Å². The lowest BCUT2D eigenvalue weighted by Gasteiger charge is -2.15. The maximum atomic E-state index is 11.6. The molecule has 0 spiro atoms. The highest BCUT2D eigenvalue weighted by atomic mass is 35.5. The van der Waals surface area contributed by atoms with E-state index in [4.69, 9.17) is 17.3 Å². The van der Waals surface area contributed by atoms with E-state index < -0.39 is 0 Å². The van der Waals surface area contributed by atoms with Gasteiger partial charge in [-0.05, 0) is 44.3 Å². The maximum Gasteiger partial charge on any atom is 0.234 e. The summed E-state index contributed by atoms with van der Waals surface area (Å²) in [4.78, 5) is 13.6. The molecular weight excluding hydrogens is 250 g/mol. The van der Waals surface area contributed by atoms with Gasteiger partial charge < -0.3 is 11.1 Å². The van der Waals surface area contributed by atoms with E-state index in [9.17, 15) is 4.79 Å². The predicted octanol–water partition coefficient (Wildman–Crippen LogP) is 1.24. The van der Waals surface area contributed by atoms with Gasteiger partial charge in [-0.25, -0.2) is 0 Å². The second kappa shape index (κ2) is 8.08. The van der Waals surface area contributed by atoms with E-state index in [1.165, 1.54) is 0 Å². The number of nitrogens with zero attached hydrogens (tertiary/aromatic N) is 1. The zero-order chi connectivity index (χ0) is 13.4. The normalized spacial score (nSPS) is 10.7. The molecular formula is C13H20ClN3O. The number of benzene rings is 1. The molecule has 0 bridgehead atoms. The Morgan fingerprint density at radius 2 is 2.06 bits per heavy atom. The lowest BCUT2D eigenvalue weighted by molar-refractivity contribution is -0.122. The summed E-state index contributed by atoms with van der Waals surface area (Å²) >= 11 is 5.79. The van der Waals surface area contributed by atoms with Crippen LogP contribution in [0.5, 0.6) is 0 Å². The van der Waals surface area contributed by atoms with Gasteiger partial charge in [0.1, 0.15) is 0 Å². The first-order valence-electron chi connectivity index (χ1n) is 6.01. The minimum Gasteiger partial charge on any atom is -0.351 e. The lowest BCUT2D eigenvalue weighted by atomic mass is 10.2. The molecule has 5 heteroatoms. The van der Waals surface area contributed by atoms with Gasteiger partial charge in [-0.3, -0.25) is 9.69 Å². The summed E-state index contributed by atoms with van der Waals surface area (Å²) < 4.78 is 0. The third kappa shape index (κ3) is 6.00. The van der Waals surface area contributed by atoms with Crippen LogP contribution in [0, 0.1) is 0 Å². The Bertz CT molecular complexity index is 367. The zero-order valence-electron chi connectivity index (χ0n) is 10.7. The van der Waals surface area contributed by atoms with Crippen LogP contribution >= 0.6 is 11.6 Å². The number of halogens is 1. The molecule has 1 aromatic carbocycles. The lowest BCUT2D eigenvalue weighted by Crippen LogP contribution is -2.35. The van der Waals surface area contributed by atoms with Gasteiger partial charge in [0, 0.05) is 11.6 Å². The quantitative estimate of drug-likeness (QED) is 0.783. The summed E-state index contributed by atoms with van der Waals surface area (Å²) in [6.07, 6.45) is 0.904. The highest BCUT2D eigenvalue weighted by Gasteiger charge is 2.05. The summed E-state index contributed by atoms with van der Waals surface area (Å²) in [7, 11) is 1.91. The first kappa shape index (κ1) is 15.0. The van der Waals surface area contributed by atoms with Gasteiger partial charge in [0.15, 0.2) is 0 Å². The SMILES string of the molecule is CN(CCCN)CC(=O)NCc1ccc(Cl)cc1. The molecule has 0 heterocycles. The molecule has 0 aliphatic rings. The van der Waals surface area contributed by atoms with Gasteiger partial charge in [-0.15, -0.1) is 0 Å². The number of hydrogen-bond acceptors (Lipinski definition) is 3. The fourth-order valence-electron chi connectivity index (χ4n) is 1.54. The van der Waals surface area contributed by atoms with E-state index in [-0.39, 0.29) is 5.91 Å². The second-order valence-corrected chi connectivity index (χ2v) is 4.72. The van der Waals surface area contributed by atoms with E-state index in [1.54, 1.807) is 0 Å². The Labute approximate surface area is 113 Å². The van der Waals surface area contributed by atoms with Crippen molar-refractivity contribution in [2.24, 2.45) is 5.73 Å². The number of rotatable bonds is 7. The van der Waals surface area contributed by atoms with E-state index in [0.29, 0.717) is 24.7 Å². The molecule has 0 atom stereocenters. The van der Waals surface area contributed by atoms with Crippen LogP contribution in [0.2, 0.25) is 5.02 Å². The molecule has 0 radical (unpaired) electrons. The van der Waals surface area contributed by atoms with Crippen molar-refractivity contribution in [1.82, 2.24) is 10.2 Å². The van der Waals surface area contributed by atoms with Crippen molar-refractivity contribution >= 4 is 17.5 Å². The molecule has 3 N–H and O–H groups in total. The van der Waals surface area contributed by atoms with E-state index >= 15 is 0 Å². The number of nitrogens with two attached hydrogens (primary N) is 1. The Morgan fingerprint density at radius 3 is 2.67 bits per heavy atom. The van der Waals surface area contributed by atoms with Crippen molar-refractivity contribution in [2.75, 3.05) is 26.7 Å². The fraction of sp³-hybridized carbons (Fsp3) is 0.462. The monoisotopic (exact) mass is 269 g/mol. The summed E-state index contributed by atoms with van der Waals surface area (Å²) in [5, 5.41) is 3.57. The molecule has 0 fully saturated rings. The molecule has 1 amide bonds. The van der Waals surface area contributed by atoms with Crippen LogP contribution in [0.4, 0.5) is 0 Å². The summed E-state index contributed by atoms with van der Waals surface area (Å²) in [6, 6.07) is 7.44. The van der Waals surface area contributed by atoms with Crippen LogP contribution in [0.3, 0.4) is 0 Å². The standard InChI is InChI=1S/C13H20ClN3O/c1-17(8-2-7-15)10-13(18)16-9-11-3-5-12(14)6-4-11/h3-6H,2,7-10,15H2,1H3,(H,16,18). The van der Waals surface area contributed by atoms with Crippen molar-refractivity contribution in [3.63, 3.8) is 0 Å². The van der Waals surface area contributed by atoms with Crippen molar-refractivity contribution in [2.45, 2.75) is 13.0 Å². The number of amides is 1. The Balaban J connectivity index is 2.26. The second-order valence-electron chi connectivity index (χ2n) is 4.28. The molecule has 100 valence electrons. The molecule has 0 aliphatic carbocycles. The third-order valence-corrected chi connectivity index (χ3v) is 2.81. The van der Waals surface area contributed by atoms with Crippen LogP contribution in [0.1, 0.15) is 12.0 Å². The molecule has 0 aliphatic heterocycles. The highest BCUT2D eigenvalue weighted by Crippen LogP contribution is 2.08. The van der Waals surface area contributed by atoms with Crippen molar-refractivity contribution in [1.29, 1.82) is 0 Å².